The van der Waals surface area contributed by atoms with Crippen molar-refractivity contribution < 1.29 is 4.79 Å². The number of carbonyl (C=O) groups is 1. The standard InChI is InChI=1S/C16H19N5O3/c1-10-4-2-6-13(17-10)21-7-3-5-11(9-21)18-15(23)12-8-14(22)20-16(24)19-12/h2,4,6,8,11H,3,5,7,9H2,1H3,(H,18,23)(H2,19,20,22,24). The van der Waals surface area contributed by atoms with Crippen LogP contribution < -0.4 is 21.5 Å². The largest absolute Gasteiger partial charge is 0.355 e. The van der Waals surface area contributed by atoms with Gasteiger partial charge in [-0.2, -0.15) is 0 Å². The van der Waals surface area contributed by atoms with E-state index in [0.717, 1.165) is 37.0 Å². The van der Waals surface area contributed by atoms with Gasteiger partial charge in [0, 0.05) is 30.9 Å². The maximum Gasteiger partial charge on any atom is 0.326 e. The average molecular weight is 329 g/mol. The highest BCUT2D eigenvalue weighted by Gasteiger charge is 2.23. The number of pyridine rings is 1. The number of rotatable bonds is 3. The molecular weight excluding hydrogens is 310 g/mol. The topological polar surface area (TPSA) is 111 Å². The maximum atomic E-state index is 12.2. The summed E-state index contributed by atoms with van der Waals surface area (Å²) in [5, 5.41) is 2.87. The molecule has 3 rings (SSSR count). The smallest absolute Gasteiger partial charge is 0.326 e. The van der Waals surface area contributed by atoms with Crippen LogP contribution in [0.1, 0.15) is 29.0 Å². The molecular formula is C16H19N5O3. The first-order valence-electron chi connectivity index (χ1n) is 7.84. The Balaban J connectivity index is 1.70. The van der Waals surface area contributed by atoms with E-state index >= 15 is 0 Å². The molecule has 0 aromatic carbocycles. The number of nitrogens with one attached hydrogen (secondary N) is 3. The third kappa shape index (κ3) is 3.70. The number of carbonyl (C=O) groups excluding carboxylic acids is 1. The van der Waals surface area contributed by atoms with E-state index in [4.69, 9.17) is 0 Å². The van der Waals surface area contributed by atoms with Crippen molar-refractivity contribution in [3.05, 3.63) is 56.5 Å². The van der Waals surface area contributed by atoms with Crippen LogP contribution >= 0.6 is 0 Å². The molecule has 3 N–H and O–H groups in total. The second-order valence-electron chi connectivity index (χ2n) is 5.90. The van der Waals surface area contributed by atoms with Gasteiger partial charge in [-0.05, 0) is 31.9 Å². The van der Waals surface area contributed by atoms with Gasteiger partial charge in [0.1, 0.15) is 11.5 Å². The van der Waals surface area contributed by atoms with Crippen molar-refractivity contribution in [1.82, 2.24) is 20.3 Å². The summed E-state index contributed by atoms with van der Waals surface area (Å²) in [5.74, 6) is 0.431. The fourth-order valence-corrected chi connectivity index (χ4v) is 2.86. The number of H-pyrrole nitrogens is 2. The van der Waals surface area contributed by atoms with Gasteiger partial charge in [0.15, 0.2) is 0 Å². The van der Waals surface area contributed by atoms with Gasteiger partial charge in [-0.1, -0.05) is 6.07 Å². The molecule has 0 aliphatic carbocycles. The van der Waals surface area contributed by atoms with Crippen LogP contribution in [0.3, 0.4) is 0 Å². The van der Waals surface area contributed by atoms with E-state index < -0.39 is 17.2 Å². The summed E-state index contributed by atoms with van der Waals surface area (Å²) in [4.78, 5) is 45.8. The molecule has 2 aromatic heterocycles. The van der Waals surface area contributed by atoms with E-state index in [9.17, 15) is 14.4 Å². The lowest BCUT2D eigenvalue weighted by atomic mass is 10.1. The fourth-order valence-electron chi connectivity index (χ4n) is 2.86. The van der Waals surface area contributed by atoms with E-state index in [1.807, 2.05) is 30.1 Å². The minimum absolute atomic E-state index is 0.0328. The minimum atomic E-state index is -0.693. The van der Waals surface area contributed by atoms with Crippen LogP contribution in [0, 0.1) is 6.92 Å². The number of hydrogen-bond acceptors (Lipinski definition) is 5. The molecule has 1 unspecified atom stereocenters. The molecule has 1 amide bonds. The molecule has 1 atom stereocenters. The Morgan fingerprint density at radius 2 is 2.17 bits per heavy atom. The molecule has 8 heteroatoms. The number of aromatic nitrogens is 3. The molecule has 0 bridgehead atoms. The van der Waals surface area contributed by atoms with Gasteiger partial charge in [0.25, 0.3) is 11.5 Å². The number of piperidine rings is 1. The molecule has 2 aromatic rings. The molecule has 3 heterocycles. The highest BCUT2D eigenvalue weighted by atomic mass is 16.2. The second kappa shape index (κ2) is 6.69. The van der Waals surface area contributed by atoms with Crippen LogP contribution in [0.15, 0.2) is 33.9 Å². The van der Waals surface area contributed by atoms with Gasteiger partial charge in [-0.3, -0.25) is 14.6 Å². The number of anilines is 1. The van der Waals surface area contributed by atoms with Crippen LogP contribution in [0.4, 0.5) is 5.82 Å². The van der Waals surface area contributed by atoms with Crippen molar-refractivity contribution in [3.63, 3.8) is 0 Å². The molecule has 1 saturated heterocycles. The van der Waals surface area contributed by atoms with E-state index in [1.54, 1.807) is 0 Å². The Morgan fingerprint density at radius 1 is 1.33 bits per heavy atom. The average Bonchev–Trinajstić information content (AvgIpc) is 2.54. The number of aromatic amines is 2. The van der Waals surface area contributed by atoms with E-state index in [-0.39, 0.29) is 11.7 Å². The lowest BCUT2D eigenvalue weighted by molar-refractivity contribution is 0.0927. The second-order valence-corrected chi connectivity index (χ2v) is 5.90. The van der Waals surface area contributed by atoms with Crippen molar-refractivity contribution in [3.8, 4) is 0 Å². The predicted octanol–water partition coefficient (Wildman–Crippen LogP) is 0.165. The third-order valence-corrected chi connectivity index (χ3v) is 3.96. The first-order chi connectivity index (χ1) is 11.5. The van der Waals surface area contributed by atoms with Crippen molar-refractivity contribution in [2.24, 2.45) is 0 Å². The number of amides is 1. The summed E-state index contributed by atoms with van der Waals surface area (Å²) in [6, 6.07) is 6.86. The Kier molecular flexibility index (Phi) is 4.45. The summed E-state index contributed by atoms with van der Waals surface area (Å²) in [6.45, 7) is 3.45. The summed E-state index contributed by atoms with van der Waals surface area (Å²) >= 11 is 0. The van der Waals surface area contributed by atoms with Crippen LogP contribution in [0.25, 0.3) is 0 Å². The number of nitrogens with zero attached hydrogens (tertiary/aromatic N) is 2. The summed E-state index contributed by atoms with van der Waals surface area (Å²) in [5.41, 5.74) is -0.380. The molecule has 0 radical (unpaired) electrons. The van der Waals surface area contributed by atoms with Gasteiger partial charge in [0.2, 0.25) is 0 Å². The zero-order valence-corrected chi connectivity index (χ0v) is 13.3. The Morgan fingerprint density at radius 3 is 2.92 bits per heavy atom. The van der Waals surface area contributed by atoms with Crippen LogP contribution in [0.2, 0.25) is 0 Å². The van der Waals surface area contributed by atoms with Crippen LogP contribution in [-0.4, -0.2) is 40.0 Å². The fraction of sp³-hybridized carbons (Fsp3) is 0.375. The quantitative estimate of drug-likeness (QED) is 0.743. The monoisotopic (exact) mass is 329 g/mol. The van der Waals surface area contributed by atoms with Gasteiger partial charge in [0.05, 0.1) is 0 Å². The van der Waals surface area contributed by atoms with Gasteiger partial charge < -0.3 is 15.2 Å². The summed E-state index contributed by atoms with van der Waals surface area (Å²) in [6.07, 6.45) is 1.76. The van der Waals surface area contributed by atoms with Crippen molar-refractivity contribution >= 4 is 11.7 Å². The highest BCUT2D eigenvalue weighted by molar-refractivity contribution is 5.92. The van der Waals surface area contributed by atoms with E-state index in [2.05, 4.69) is 20.2 Å². The van der Waals surface area contributed by atoms with Crippen molar-refractivity contribution in [2.75, 3.05) is 18.0 Å². The molecule has 0 saturated carbocycles. The van der Waals surface area contributed by atoms with E-state index in [1.165, 1.54) is 0 Å². The minimum Gasteiger partial charge on any atom is -0.355 e. The number of hydrogen-bond donors (Lipinski definition) is 3. The number of aryl methyl sites for hydroxylation is 1. The molecule has 1 aliphatic rings. The molecule has 1 fully saturated rings. The molecule has 0 spiro atoms. The lowest BCUT2D eigenvalue weighted by Gasteiger charge is -2.34. The first kappa shape index (κ1) is 16.0. The Bertz CT molecular complexity index is 829. The van der Waals surface area contributed by atoms with Gasteiger partial charge >= 0.3 is 5.69 Å². The molecule has 1 aliphatic heterocycles. The van der Waals surface area contributed by atoms with Crippen LogP contribution in [0.5, 0.6) is 0 Å². The molecule has 24 heavy (non-hydrogen) atoms. The summed E-state index contributed by atoms with van der Waals surface area (Å²) in [7, 11) is 0. The highest BCUT2D eigenvalue weighted by Crippen LogP contribution is 2.18. The third-order valence-electron chi connectivity index (χ3n) is 3.96. The SMILES string of the molecule is Cc1cccc(N2CCCC(NC(=O)c3cc(=O)[nH]c(=O)[nH]3)C2)n1. The zero-order chi connectivity index (χ0) is 17.1. The van der Waals surface area contributed by atoms with Crippen molar-refractivity contribution in [1.29, 1.82) is 0 Å². The summed E-state index contributed by atoms with van der Waals surface area (Å²) < 4.78 is 0. The first-order valence-corrected chi connectivity index (χ1v) is 7.84. The Labute approximate surface area is 137 Å². The predicted molar refractivity (Wildman–Crippen MR) is 89.4 cm³/mol. The van der Waals surface area contributed by atoms with E-state index in [0.29, 0.717) is 6.54 Å². The zero-order valence-electron chi connectivity index (χ0n) is 13.3. The Hall–Kier alpha value is -2.90. The van der Waals surface area contributed by atoms with Gasteiger partial charge in [-0.15, -0.1) is 0 Å². The van der Waals surface area contributed by atoms with Crippen LogP contribution in [-0.2, 0) is 0 Å². The normalized spacial score (nSPS) is 17.5. The van der Waals surface area contributed by atoms with Crippen molar-refractivity contribution in [2.45, 2.75) is 25.8 Å². The lowest BCUT2D eigenvalue weighted by Crippen LogP contribution is -2.48. The maximum absolute atomic E-state index is 12.2. The molecule has 8 nitrogen and oxygen atoms in total. The van der Waals surface area contributed by atoms with Gasteiger partial charge in [-0.25, -0.2) is 9.78 Å². The molecule has 126 valence electrons.